The number of hydrogen-bond acceptors (Lipinski definition) is 2. The maximum absolute atomic E-state index is 3.85. The van der Waals surface area contributed by atoms with Gasteiger partial charge in [-0.15, -0.1) is 0 Å². The Kier molecular flexibility index (Phi) is 3.81. The Balaban J connectivity index is 1.39. The van der Waals surface area contributed by atoms with Crippen molar-refractivity contribution in [1.29, 1.82) is 0 Å². The average molecular weight is 251 g/mol. The van der Waals surface area contributed by atoms with E-state index in [9.17, 15) is 0 Å². The van der Waals surface area contributed by atoms with Crippen molar-refractivity contribution in [3.8, 4) is 0 Å². The molecule has 0 radical (unpaired) electrons. The molecular formula is C15H25NS. The van der Waals surface area contributed by atoms with E-state index in [0.717, 1.165) is 29.0 Å². The molecule has 1 N–H and O–H groups in total. The minimum Gasteiger partial charge on any atom is -0.314 e. The van der Waals surface area contributed by atoms with E-state index >= 15 is 0 Å². The van der Waals surface area contributed by atoms with Gasteiger partial charge in [-0.1, -0.05) is 12.2 Å². The van der Waals surface area contributed by atoms with Gasteiger partial charge in [0.05, 0.1) is 0 Å². The Bertz CT molecular complexity index is 281. The van der Waals surface area contributed by atoms with E-state index in [1.807, 2.05) is 0 Å². The highest BCUT2D eigenvalue weighted by Crippen LogP contribution is 2.43. The highest BCUT2D eigenvalue weighted by Gasteiger charge is 2.35. The second-order valence-electron chi connectivity index (χ2n) is 6.16. The molecule has 3 rings (SSSR count). The van der Waals surface area contributed by atoms with Crippen molar-refractivity contribution < 1.29 is 0 Å². The highest BCUT2D eigenvalue weighted by molar-refractivity contribution is 7.99. The Morgan fingerprint density at radius 1 is 1.12 bits per heavy atom. The molecule has 3 aliphatic carbocycles. The van der Waals surface area contributed by atoms with Gasteiger partial charge in [0.25, 0.3) is 0 Å². The van der Waals surface area contributed by atoms with E-state index in [0.29, 0.717) is 0 Å². The van der Waals surface area contributed by atoms with Crippen LogP contribution in [0.5, 0.6) is 0 Å². The zero-order valence-electron chi connectivity index (χ0n) is 10.9. The van der Waals surface area contributed by atoms with E-state index in [1.54, 1.807) is 0 Å². The number of nitrogens with one attached hydrogen (secondary N) is 1. The van der Waals surface area contributed by atoms with Gasteiger partial charge in [0, 0.05) is 11.3 Å². The van der Waals surface area contributed by atoms with Crippen molar-refractivity contribution in [2.75, 3.05) is 12.8 Å². The molecule has 0 aromatic rings. The van der Waals surface area contributed by atoms with Crippen LogP contribution in [0, 0.1) is 17.8 Å². The second kappa shape index (κ2) is 5.36. The molecule has 3 atom stereocenters. The summed E-state index contributed by atoms with van der Waals surface area (Å²) in [5, 5.41) is 4.79. The smallest absolute Gasteiger partial charge is 0.00679 e. The first kappa shape index (κ1) is 12.1. The number of rotatable bonds is 4. The molecule has 1 nitrogen and oxygen atoms in total. The molecule has 0 spiro atoms. The van der Waals surface area contributed by atoms with Gasteiger partial charge in [0.1, 0.15) is 0 Å². The monoisotopic (exact) mass is 251 g/mol. The summed E-state index contributed by atoms with van der Waals surface area (Å²) in [6.45, 7) is 1.28. The van der Waals surface area contributed by atoms with Crippen molar-refractivity contribution in [2.24, 2.45) is 17.8 Å². The van der Waals surface area contributed by atoms with Gasteiger partial charge in [-0.05, 0) is 69.1 Å². The van der Waals surface area contributed by atoms with Crippen molar-refractivity contribution in [1.82, 2.24) is 5.32 Å². The van der Waals surface area contributed by atoms with Crippen LogP contribution in [0.3, 0.4) is 0 Å². The largest absolute Gasteiger partial charge is 0.314 e. The van der Waals surface area contributed by atoms with E-state index in [4.69, 9.17) is 0 Å². The number of hydrogen-bond donors (Lipinski definition) is 1. The highest BCUT2D eigenvalue weighted by atomic mass is 32.2. The summed E-state index contributed by atoms with van der Waals surface area (Å²) >= 11 is 2.06. The Hall–Kier alpha value is 0.0500. The third-order valence-corrected chi connectivity index (χ3v) is 6.23. The Morgan fingerprint density at radius 3 is 2.53 bits per heavy atom. The molecule has 0 aliphatic heterocycles. The van der Waals surface area contributed by atoms with Gasteiger partial charge in [-0.3, -0.25) is 0 Å². The van der Waals surface area contributed by atoms with Crippen LogP contribution in [0.4, 0.5) is 0 Å². The van der Waals surface area contributed by atoms with E-state index in [1.165, 1.54) is 45.1 Å². The summed E-state index contributed by atoms with van der Waals surface area (Å²) < 4.78 is 0. The molecule has 2 heteroatoms. The van der Waals surface area contributed by atoms with Gasteiger partial charge in [-0.25, -0.2) is 0 Å². The van der Waals surface area contributed by atoms with Gasteiger partial charge >= 0.3 is 0 Å². The second-order valence-corrected chi connectivity index (χ2v) is 7.30. The molecule has 0 amide bonds. The molecule has 0 aromatic heterocycles. The maximum Gasteiger partial charge on any atom is 0.00679 e. The predicted molar refractivity (Wildman–Crippen MR) is 76.4 cm³/mol. The molecule has 2 saturated carbocycles. The third-order valence-electron chi connectivity index (χ3n) is 5.09. The van der Waals surface area contributed by atoms with Crippen molar-refractivity contribution in [2.45, 2.75) is 49.8 Å². The van der Waals surface area contributed by atoms with Gasteiger partial charge < -0.3 is 5.32 Å². The Morgan fingerprint density at radius 2 is 1.94 bits per heavy atom. The van der Waals surface area contributed by atoms with Crippen LogP contribution in [0.1, 0.15) is 38.5 Å². The van der Waals surface area contributed by atoms with Crippen molar-refractivity contribution in [3.63, 3.8) is 0 Å². The fourth-order valence-corrected chi connectivity index (χ4v) is 4.69. The molecule has 0 saturated heterocycles. The van der Waals surface area contributed by atoms with Gasteiger partial charge in [-0.2, -0.15) is 11.8 Å². The average Bonchev–Trinajstić information content (AvgIpc) is 2.99. The first-order valence-electron chi connectivity index (χ1n) is 7.29. The number of allylic oxidation sites excluding steroid dienone is 2. The number of fused-ring (bicyclic) bond motifs is 2. The standard InChI is InChI=1S/C15H25NS/c1-17-15-6-4-14(5-7-15)16-10-13-9-11-2-3-12(13)8-11/h2-3,11-16H,4-10H2,1H3. The third kappa shape index (κ3) is 2.73. The first-order valence-corrected chi connectivity index (χ1v) is 8.58. The number of thioether (sulfide) groups is 1. The lowest BCUT2D eigenvalue weighted by atomic mass is 9.91. The first-order chi connectivity index (χ1) is 8.35. The summed E-state index contributed by atoms with van der Waals surface area (Å²) in [7, 11) is 0. The molecule has 0 heterocycles. The lowest BCUT2D eigenvalue weighted by Crippen LogP contribution is -2.37. The fourth-order valence-electron chi connectivity index (χ4n) is 3.95. The SMILES string of the molecule is CSC1CCC(NCC2CC3C=CC2C3)CC1. The molecule has 2 fully saturated rings. The minimum atomic E-state index is 0.821. The zero-order valence-corrected chi connectivity index (χ0v) is 11.7. The summed E-state index contributed by atoms with van der Waals surface area (Å²) in [4.78, 5) is 0. The van der Waals surface area contributed by atoms with Gasteiger partial charge in [0.15, 0.2) is 0 Å². The van der Waals surface area contributed by atoms with Crippen LogP contribution in [0.15, 0.2) is 12.2 Å². The van der Waals surface area contributed by atoms with Crippen LogP contribution in [0.25, 0.3) is 0 Å². The van der Waals surface area contributed by atoms with Crippen LogP contribution in [-0.2, 0) is 0 Å². The van der Waals surface area contributed by atoms with Crippen LogP contribution < -0.4 is 5.32 Å². The molecule has 2 bridgehead atoms. The van der Waals surface area contributed by atoms with Crippen molar-refractivity contribution >= 4 is 11.8 Å². The van der Waals surface area contributed by atoms with Crippen LogP contribution in [-0.4, -0.2) is 24.1 Å². The normalized spacial score (nSPS) is 44.4. The molecular weight excluding hydrogens is 226 g/mol. The van der Waals surface area contributed by atoms with Crippen molar-refractivity contribution in [3.05, 3.63) is 12.2 Å². The summed E-state index contributed by atoms with van der Waals surface area (Å²) in [5.74, 6) is 2.79. The fraction of sp³-hybridized carbons (Fsp3) is 0.867. The Labute approximate surface area is 110 Å². The topological polar surface area (TPSA) is 12.0 Å². The van der Waals surface area contributed by atoms with Crippen LogP contribution in [0.2, 0.25) is 0 Å². The van der Waals surface area contributed by atoms with E-state index in [2.05, 4.69) is 35.5 Å². The molecule has 17 heavy (non-hydrogen) atoms. The molecule has 3 unspecified atom stereocenters. The summed E-state index contributed by atoms with van der Waals surface area (Å²) in [6.07, 6.45) is 15.8. The van der Waals surface area contributed by atoms with Gasteiger partial charge in [0.2, 0.25) is 0 Å². The quantitative estimate of drug-likeness (QED) is 0.768. The summed E-state index contributed by atoms with van der Waals surface area (Å²) in [5.41, 5.74) is 0. The lowest BCUT2D eigenvalue weighted by Gasteiger charge is -2.30. The lowest BCUT2D eigenvalue weighted by molar-refractivity contribution is 0.331. The molecule has 0 aromatic carbocycles. The predicted octanol–water partition coefficient (Wildman–Crippen LogP) is 3.46. The minimum absolute atomic E-state index is 0.821. The van der Waals surface area contributed by atoms with E-state index < -0.39 is 0 Å². The summed E-state index contributed by atoms with van der Waals surface area (Å²) in [6, 6.07) is 0.821. The maximum atomic E-state index is 3.85. The molecule has 3 aliphatic rings. The van der Waals surface area contributed by atoms with Crippen LogP contribution >= 0.6 is 11.8 Å². The molecule has 96 valence electrons. The zero-order chi connectivity index (χ0) is 11.7. The van der Waals surface area contributed by atoms with E-state index in [-0.39, 0.29) is 0 Å².